The Kier molecular flexibility index (Phi) is 6.71. The normalized spacial score (nSPS) is 16.7. The van der Waals surface area contributed by atoms with Gasteiger partial charge < -0.3 is 0 Å². The van der Waals surface area contributed by atoms with E-state index >= 15 is 13.2 Å². The first-order chi connectivity index (χ1) is 17.7. The molecule has 37 heavy (non-hydrogen) atoms. The highest BCUT2D eigenvalue weighted by Gasteiger charge is 2.34. The van der Waals surface area contributed by atoms with Crippen LogP contribution in [0, 0.1) is 41.8 Å². The van der Waals surface area contributed by atoms with Gasteiger partial charge in [0.05, 0.1) is 0 Å². The minimum absolute atomic E-state index is 0.0826. The fourth-order valence-corrected chi connectivity index (χ4v) is 6.00. The molecule has 0 spiro atoms. The molecular formula is C31H28F6. The van der Waals surface area contributed by atoms with Crippen molar-refractivity contribution in [1.29, 1.82) is 0 Å². The molecule has 0 bridgehead atoms. The van der Waals surface area contributed by atoms with E-state index in [0.29, 0.717) is 48.8 Å². The zero-order chi connectivity index (χ0) is 26.6. The van der Waals surface area contributed by atoms with Gasteiger partial charge in [-0.25, -0.2) is 26.3 Å². The summed E-state index contributed by atoms with van der Waals surface area (Å²) in [7, 11) is 0. The van der Waals surface area contributed by atoms with Crippen molar-refractivity contribution >= 4 is 5.57 Å². The lowest BCUT2D eigenvalue weighted by atomic mass is 9.81. The molecule has 0 saturated heterocycles. The molecule has 0 N–H and O–H groups in total. The van der Waals surface area contributed by atoms with Gasteiger partial charge in [-0.1, -0.05) is 38.1 Å². The highest BCUT2D eigenvalue weighted by molar-refractivity contribution is 5.81. The number of hydrogen-bond donors (Lipinski definition) is 0. The van der Waals surface area contributed by atoms with E-state index in [1.807, 2.05) is 13.8 Å². The summed E-state index contributed by atoms with van der Waals surface area (Å²) in [6.07, 6.45) is 4.35. The average molecular weight is 515 g/mol. The third kappa shape index (κ3) is 4.09. The Morgan fingerprint density at radius 1 is 0.784 bits per heavy atom. The van der Waals surface area contributed by atoms with Crippen molar-refractivity contribution in [2.24, 2.45) is 0 Å². The predicted octanol–water partition coefficient (Wildman–Crippen LogP) is 9.66. The van der Waals surface area contributed by atoms with Gasteiger partial charge in [-0.2, -0.15) is 0 Å². The summed E-state index contributed by atoms with van der Waals surface area (Å²) in [4.78, 5) is 0. The molecule has 0 nitrogen and oxygen atoms in total. The Hall–Kier alpha value is -3.02. The van der Waals surface area contributed by atoms with E-state index in [4.69, 9.17) is 0 Å². The predicted molar refractivity (Wildman–Crippen MR) is 134 cm³/mol. The molecule has 3 aromatic rings. The second-order valence-electron chi connectivity index (χ2n) is 10.2. The minimum atomic E-state index is -1.19. The van der Waals surface area contributed by atoms with Crippen LogP contribution in [0.25, 0.3) is 16.7 Å². The van der Waals surface area contributed by atoms with Crippen molar-refractivity contribution in [2.45, 2.75) is 71.1 Å². The topological polar surface area (TPSA) is 0 Å². The van der Waals surface area contributed by atoms with Crippen LogP contribution in [0.1, 0.15) is 91.2 Å². The number of hydrogen-bond acceptors (Lipinski definition) is 0. The molecule has 1 unspecified atom stereocenters. The van der Waals surface area contributed by atoms with Gasteiger partial charge in [-0.05, 0) is 96.7 Å². The summed E-state index contributed by atoms with van der Waals surface area (Å²) in [5.74, 6) is -6.58. The van der Waals surface area contributed by atoms with E-state index in [1.165, 1.54) is 19.1 Å². The summed E-state index contributed by atoms with van der Waals surface area (Å²) in [6, 6.07) is 6.24. The zero-order valence-electron chi connectivity index (χ0n) is 21.1. The van der Waals surface area contributed by atoms with Crippen LogP contribution in [0.3, 0.4) is 0 Å². The second kappa shape index (κ2) is 9.70. The summed E-state index contributed by atoms with van der Waals surface area (Å²) >= 11 is 0. The van der Waals surface area contributed by atoms with Gasteiger partial charge in [0.15, 0.2) is 34.9 Å². The van der Waals surface area contributed by atoms with Crippen molar-refractivity contribution in [1.82, 2.24) is 0 Å². The van der Waals surface area contributed by atoms with Crippen molar-refractivity contribution in [3.8, 4) is 11.1 Å². The number of rotatable bonds is 5. The van der Waals surface area contributed by atoms with Gasteiger partial charge in [0.25, 0.3) is 0 Å². The third-order valence-electron chi connectivity index (χ3n) is 8.16. The summed E-state index contributed by atoms with van der Waals surface area (Å²) in [6.45, 7) is 5.31. The van der Waals surface area contributed by atoms with Gasteiger partial charge in [-0.15, -0.1) is 0 Å². The zero-order valence-corrected chi connectivity index (χ0v) is 21.1. The minimum Gasteiger partial charge on any atom is -0.203 e. The molecule has 0 heterocycles. The molecule has 0 aliphatic heterocycles. The number of allylic oxidation sites excluding steroid dienone is 2. The van der Waals surface area contributed by atoms with Crippen LogP contribution in [0.5, 0.6) is 0 Å². The largest absolute Gasteiger partial charge is 0.203 e. The van der Waals surface area contributed by atoms with E-state index in [-0.39, 0.29) is 51.6 Å². The van der Waals surface area contributed by atoms with E-state index < -0.39 is 34.9 Å². The lowest BCUT2D eigenvalue weighted by molar-refractivity contribution is 0.475. The summed E-state index contributed by atoms with van der Waals surface area (Å²) in [5.41, 5.74) is 1.90. The van der Waals surface area contributed by atoms with E-state index in [0.717, 1.165) is 0 Å². The van der Waals surface area contributed by atoms with Crippen molar-refractivity contribution < 1.29 is 26.3 Å². The Morgan fingerprint density at radius 2 is 1.43 bits per heavy atom. The molecule has 0 aromatic heterocycles. The maximum Gasteiger partial charge on any atom is 0.167 e. The molecule has 1 atom stereocenters. The van der Waals surface area contributed by atoms with Crippen LogP contribution < -0.4 is 0 Å². The smallest absolute Gasteiger partial charge is 0.167 e. The monoisotopic (exact) mass is 514 g/mol. The second-order valence-corrected chi connectivity index (χ2v) is 10.2. The maximum absolute atomic E-state index is 15.4. The Labute approximate surface area is 213 Å². The number of benzene rings is 3. The van der Waals surface area contributed by atoms with Crippen LogP contribution in [-0.2, 0) is 6.42 Å². The van der Waals surface area contributed by atoms with E-state index in [1.54, 1.807) is 18.2 Å². The average Bonchev–Trinajstić information content (AvgIpc) is 3.27. The maximum atomic E-state index is 15.4. The van der Waals surface area contributed by atoms with Gasteiger partial charge in [-0.3, -0.25) is 0 Å². The summed E-state index contributed by atoms with van der Waals surface area (Å²) < 4.78 is 89.4. The number of fused-ring (bicyclic) bond motifs is 3. The first kappa shape index (κ1) is 25.6. The molecular weight excluding hydrogens is 486 g/mol. The highest BCUT2D eigenvalue weighted by Crippen LogP contribution is 2.46. The number of halogens is 6. The molecule has 0 fully saturated rings. The fourth-order valence-electron chi connectivity index (χ4n) is 6.00. The SMILES string of the molecule is CCC(CC)c1cc2c(c(F)c1F)-c1c(cc(C3=CCC(c4ccc(C)c(F)c4F)CC3)c(F)c1F)C2. The molecule has 194 valence electrons. The first-order valence-electron chi connectivity index (χ1n) is 12.8. The third-order valence-corrected chi connectivity index (χ3v) is 8.16. The van der Waals surface area contributed by atoms with Crippen molar-refractivity contribution in [3.63, 3.8) is 0 Å². The van der Waals surface area contributed by atoms with Crippen LogP contribution in [-0.4, -0.2) is 0 Å². The van der Waals surface area contributed by atoms with E-state index in [9.17, 15) is 13.2 Å². The Morgan fingerprint density at radius 3 is 2.05 bits per heavy atom. The fraction of sp³-hybridized carbons (Fsp3) is 0.355. The molecule has 2 aliphatic carbocycles. The summed E-state index contributed by atoms with van der Waals surface area (Å²) in [5, 5.41) is 0. The van der Waals surface area contributed by atoms with Crippen LogP contribution in [0.2, 0.25) is 0 Å². The standard InChI is InChI=1S/C31H28F6/c1-4-16(5-2)22-13-19-12-20-14-23(29(35)31(37)25(20)24(19)30(36)28(22)34)18-9-7-17(8-10-18)21-11-6-15(3)26(32)27(21)33/h6,9,11,13-14,16-17H,4-5,7-8,10,12H2,1-3H3. The van der Waals surface area contributed by atoms with Crippen LogP contribution in [0.4, 0.5) is 26.3 Å². The highest BCUT2D eigenvalue weighted by atomic mass is 19.2. The van der Waals surface area contributed by atoms with Gasteiger partial charge in [0.1, 0.15) is 0 Å². The van der Waals surface area contributed by atoms with Crippen molar-refractivity contribution in [2.75, 3.05) is 0 Å². The van der Waals surface area contributed by atoms with Gasteiger partial charge in [0.2, 0.25) is 0 Å². The quantitative estimate of drug-likeness (QED) is 0.233. The van der Waals surface area contributed by atoms with E-state index in [2.05, 4.69) is 0 Å². The lowest BCUT2D eigenvalue weighted by Crippen LogP contribution is -2.09. The molecule has 0 radical (unpaired) electrons. The van der Waals surface area contributed by atoms with Gasteiger partial charge in [0, 0.05) is 16.7 Å². The van der Waals surface area contributed by atoms with Gasteiger partial charge >= 0.3 is 0 Å². The first-order valence-corrected chi connectivity index (χ1v) is 12.8. The molecule has 0 amide bonds. The molecule has 3 aromatic carbocycles. The molecule has 2 aliphatic rings. The van der Waals surface area contributed by atoms with Crippen LogP contribution >= 0.6 is 0 Å². The number of aryl methyl sites for hydroxylation is 1. The molecule has 6 heteroatoms. The Balaban J connectivity index is 1.50. The molecule has 0 saturated carbocycles. The Bertz CT molecular complexity index is 1430. The van der Waals surface area contributed by atoms with Crippen molar-refractivity contribution in [3.05, 3.63) is 98.6 Å². The lowest BCUT2D eigenvalue weighted by Gasteiger charge is -2.24. The molecule has 5 rings (SSSR count). The van der Waals surface area contributed by atoms with Crippen LogP contribution in [0.15, 0.2) is 30.3 Å².